The summed E-state index contributed by atoms with van der Waals surface area (Å²) in [6.07, 6.45) is 22.0. The van der Waals surface area contributed by atoms with Crippen molar-refractivity contribution in [1.82, 2.24) is 0 Å². The molecule has 270 valence electrons. The summed E-state index contributed by atoms with van der Waals surface area (Å²) >= 11 is 0. The van der Waals surface area contributed by atoms with Gasteiger partial charge < -0.3 is 29.9 Å². The summed E-state index contributed by atoms with van der Waals surface area (Å²) in [6, 6.07) is 0. The van der Waals surface area contributed by atoms with Gasteiger partial charge in [0.05, 0.1) is 18.3 Å². The van der Waals surface area contributed by atoms with E-state index < -0.39 is 24.4 Å². The second-order valence-corrected chi connectivity index (χ2v) is 14.1. The fourth-order valence-electron chi connectivity index (χ4n) is 6.37. The maximum Gasteiger partial charge on any atom is 0.305 e. The second-order valence-electron chi connectivity index (χ2n) is 14.1. The average molecular weight is 655 g/mol. The normalized spacial score (nSPS) is 21.2. The molecule has 0 radical (unpaired) electrons. The molecule has 0 aliphatic heterocycles. The Morgan fingerprint density at radius 2 is 1.20 bits per heavy atom. The second kappa shape index (κ2) is 27.5. The van der Waals surface area contributed by atoms with Gasteiger partial charge in [-0.25, -0.2) is 0 Å². The van der Waals surface area contributed by atoms with E-state index in [-0.39, 0.29) is 43.4 Å². The van der Waals surface area contributed by atoms with Crippen molar-refractivity contribution in [2.24, 2.45) is 17.8 Å². The first kappa shape index (κ1) is 42.5. The predicted molar refractivity (Wildman–Crippen MR) is 184 cm³/mol. The Morgan fingerprint density at radius 1 is 0.696 bits per heavy atom. The van der Waals surface area contributed by atoms with Crippen molar-refractivity contribution in [3.8, 4) is 0 Å². The van der Waals surface area contributed by atoms with Crippen LogP contribution in [0.1, 0.15) is 162 Å². The number of hydrogen-bond acceptors (Lipinski definition) is 8. The molecule has 8 nitrogen and oxygen atoms in total. The molecule has 46 heavy (non-hydrogen) atoms. The zero-order chi connectivity index (χ0) is 34.0. The molecule has 0 unspecified atom stereocenters. The van der Waals surface area contributed by atoms with Crippen LogP contribution in [0, 0.1) is 17.8 Å². The molecule has 1 aliphatic carbocycles. The Morgan fingerprint density at radius 3 is 1.74 bits per heavy atom. The van der Waals surface area contributed by atoms with Gasteiger partial charge >= 0.3 is 11.9 Å². The molecule has 0 amide bonds. The molecule has 0 spiro atoms. The maximum atomic E-state index is 12.1. The van der Waals surface area contributed by atoms with Crippen LogP contribution >= 0.6 is 0 Å². The number of hydrogen-bond donors (Lipinski definition) is 4. The number of aliphatic hydroxyl groups is 4. The molecule has 0 aromatic heterocycles. The van der Waals surface area contributed by atoms with E-state index in [1.54, 1.807) is 6.08 Å². The third-order valence-corrected chi connectivity index (χ3v) is 9.28. The molecule has 1 saturated carbocycles. The lowest BCUT2D eigenvalue weighted by Gasteiger charge is -2.21. The van der Waals surface area contributed by atoms with Crippen LogP contribution in [-0.2, 0) is 19.1 Å². The molecule has 0 saturated heterocycles. The number of ether oxygens (including phenoxy) is 2. The third-order valence-electron chi connectivity index (χ3n) is 9.28. The molecule has 0 bridgehead atoms. The van der Waals surface area contributed by atoms with Gasteiger partial charge in [-0.3, -0.25) is 9.59 Å². The molecule has 0 heterocycles. The van der Waals surface area contributed by atoms with Crippen molar-refractivity contribution in [1.29, 1.82) is 0 Å². The lowest BCUT2D eigenvalue weighted by atomic mass is 9.88. The highest BCUT2D eigenvalue weighted by Crippen LogP contribution is 2.37. The maximum absolute atomic E-state index is 12.1. The zero-order valence-electron chi connectivity index (χ0n) is 29.6. The van der Waals surface area contributed by atoms with E-state index in [0.29, 0.717) is 25.7 Å². The SMILES string of the molecule is CCCCC[C@H](O)/C=C/[C@@H]1[C@@H](CCCCCCC(=O)OC[C@H](O)COC(=O)CCCCCCCCCCCC(C)C)[C@@H](O)C[C@H]1O. The van der Waals surface area contributed by atoms with Crippen LogP contribution in [0.4, 0.5) is 0 Å². The van der Waals surface area contributed by atoms with Crippen LogP contribution in [0.5, 0.6) is 0 Å². The van der Waals surface area contributed by atoms with Gasteiger partial charge in [-0.05, 0) is 37.5 Å². The summed E-state index contributed by atoms with van der Waals surface area (Å²) in [5, 5.41) is 41.1. The van der Waals surface area contributed by atoms with Crippen molar-refractivity contribution in [2.45, 2.75) is 186 Å². The number of unbranched alkanes of at least 4 members (excludes halogenated alkanes) is 13. The van der Waals surface area contributed by atoms with Gasteiger partial charge in [-0.2, -0.15) is 0 Å². The molecule has 6 atom stereocenters. The van der Waals surface area contributed by atoms with Gasteiger partial charge in [-0.1, -0.05) is 129 Å². The molecule has 8 heteroatoms. The van der Waals surface area contributed by atoms with Gasteiger partial charge in [0.15, 0.2) is 0 Å². The first-order valence-corrected chi connectivity index (χ1v) is 18.9. The van der Waals surface area contributed by atoms with Gasteiger partial charge in [0.1, 0.15) is 19.3 Å². The number of rotatable bonds is 29. The highest BCUT2D eigenvalue weighted by atomic mass is 16.6. The molecule has 0 aromatic carbocycles. The summed E-state index contributed by atoms with van der Waals surface area (Å²) in [5.74, 6) is -0.0722. The average Bonchev–Trinajstić information content (AvgIpc) is 3.29. The third kappa shape index (κ3) is 22.2. The van der Waals surface area contributed by atoms with E-state index in [1.807, 2.05) is 6.08 Å². The molecule has 1 aliphatic rings. The van der Waals surface area contributed by atoms with E-state index in [0.717, 1.165) is 70.1 Å². The van der Waals surface area contributed by atoms with Gasteiger partial charge in [-0.15, -0.1) is 0 Å². The number of aliphatic hydroxyl groups excluding tert-OH is 4. The van der Waals surface area contributed by atoms with Gasteiger partial charge in [0, 0.05) is 25.2 Å². The van der Waals surface area contributed by atoms with Crippen LogP contribution in [0.15, 0.2) is 12.2 Å². The van der Waals surface area contributed by atoms with E-state index in [4.69, 9.17) is 9.47 Å². The fraction of sp³-hybridized carbons (Fsp3) is 0.895. The molecule has 1 fully saturated rings. The number of carbonyl (C=O) groups is 2. The van der Waals surface area contributed by atoms with E-state index in [2.05, 4.69) is 20.8 Å². The largest absolute Gasteiger partial charge is 0.463 e. The summed E-state index contributed by atoms with van der Waals surface area (Å²) in [6.45, 7) is 6.33. The Hall–Kier alpha value is -1.48. The first-order valence-electron chi connectivity index (χ1n) is 18.9. The fourth-order valence-corrected chi connectivity index (χ4v) is 6.37. The lowest BCUT2D eigenvalue weighted by molar-refractivity contribution is -0.152. The minimum absolute atomic E-state index is 0.0290. The topological polar surface area (TPSA) is 134 Å². The van der Waals surface area contributed by atoms with Crippen LogP contribution in [0.3, 0.4) is 0 Å². The molecular weight excluding hydrogens is 584 g/mol. The molecule has 0 aromatic rings. The quantitative estimate of drug-likeness (QED) is 0.0369. The van der Waals surface area contributed by atoms with Crippen LogP contribution in [0.25, 0.3) is 0 Å². The first-order chi connectivity index (χ1) is 22.1. The monoisotopic (exact) mass is 655 g/mol. The number of carbonyl (C=O) groups excluding carboxylic acids is 2. The highest BCUT2D eigenvalue weighted by molar-refractivity contribution is 5.69. The van der Waals surface area contributed by atoms with Crippen molar-refractivity contribution in [3.63, 3.8) is 0 Å². The minimum Gasteiger partial charge on any atom is -0.463 e. The minimum atomic E-state index is -1.03. The zero-order valence-corrected chi connectivity index (χ0v) is 29.6. The summed E-state index contributed by atoms with van der Waals surface area (Å²) in [5.41, 5.74) is 0. The molecular formula is C38H70O8. The van der Waals surface area contributed by atoms with Crippen molar-refractivity contribution in [3.05, 3.63) is 12.2 Å². The lowest BCUT2D eigenvalue weighted by Crippen LogP contribution is -2.25. The summed E-state index contributed by atoms with van der Waals surface area (Å²) in [7, 11) is 0. The predicted octanol–water partition coefficient (Wildman–Crippen LogP) is 7.58. The van der Waals surface area contributed by atoms with Crippen LogP contribution < -0.4 is 0 Å². The highest BCUT2D eigenvalue weighted by Gasteiger charge is 2.39. The Labute approximate surface area is 280 Å². The smallest absolute Gasteiger partial charge is 0.305 e. The van der Waals surface area contributed by atoms with Crippen molar-refractivity contribution in [2.75, 3.05) is 13.2 Å². The Balaban J connectivity index is 2.04. The summed E-state index contributed by atoms with van der Waals surface area (Å²) in [4.78, 5) is 24.0. The Kier molecular flexibility index (Phi) is 25.4. The van der Waals surface area contributed by atoms with Crippen LogP contribution in [0.2, 0.25) is 0 Å². The van der Waals surface area contributed by atoms with E-state index >= 15 is 0 Å². The van der Waals surface area contributed by atoms with E-state index in [1.165, 1.54) is 44.9 Å². The van der Waals surface area contributed by atoms with E-state index in [9.17, 15) is 30.0 Å². The number of esters is 2. The van der Waals surface area contributed by atoms with Gasteiger partial charge in [0.2, 0.25) is 0 Å². The van der Waals surface area contributed by atoms with Crippen molar-refractivity contribution < 1.29 is 39.5 Å². The summed E-state index contributed by atoms with van der Waals surface area (Å²) < 4.78 is 10.3. The Bertz CT molecular complexity index is 785. The van der Waals surface area contributed by atoms with Gasteiger partial charge in [0.25, 0.3) is 0 Å². The molecule has 4 N–H and O–H groups in total. The van der Waals surface area contributed by atoms with Crippen molar-refractivity contribution >= 4 is 11.9 Å². The standard InChI is InChI=1S/C38H70O8/c1-4-5-15-21-31(39)25-26-34-33(35(41)27-36(34)42)22-17-13-14-19-24-38(44)46-29-32(40)28-45-37(43)23-18-12-10-8-6-7-9-11-16-20-30(2)3/h25-26,30-36,39-42H,4-24,27-29H2,1-3H3/b26-25+/t31-,32+,33+,34+,35-,36+/m0/s1. The van der Waals surface area contributed by atoms with Crippen LogP contribution in [-0.4, -0.2) is 70.0 Å². The molecule has 1 rings (SSSR count).